The highest BCUT2D eigenvalue weighted by atomic mass is 19.1. The van der Waals surface area contributed by atoms with Crippen LogP contribution in [0.1, 0.15) is 23.2 Å². The van der Waals surface area contributed by atoms with Gasteiger partial charge in [0.25, 0.3) is 5.91 Å². The summed E-state index contributed by atoms with van der Waals surface area (Å²) in [5.41, 5.74) is 0.678. The van der Waals surface area contributed by atoms with Crippen LogP contribution in [0.25, 0.3) is 10.9 Å². The van der Waals surface area contributed by atoms with Crippen molar-refractivity contribution in [2.24, 2.45) is 5.41 Å². The number of fused-ring (bicyclic) bond motifs is 1. The lowest BCUT2D eigenvalue weighted by molar-refractivity contribution is 0.0765. The van der Waals surface area contributed by atoms with E-state index < -0.39 is 11.9 Å². The summed E-state index contributed by atoms with van der Waals surface area (Å²) in [5, 5.41) is 10.7. The van der Waals surface area contributed by atoms with Gasteiger partial charge in [0.1, 0.15) is 5.82 Å². The van der Waals surface area contributed by atoms with Gasteiger partial charge in [0.05, 0.1) is 17.2 Å². The van der Waals surface area contributed by atoms with Crippen molar-refractivity contribution in [2.75, 3.05) is 13.1 Å². The molecule has 1 amide bonds. The van der Waals surface area contributed by atoms with Gasteiger partial charge in [-0.05, 0) is 31.0 Å². The van der Waals surface area contributed by atoms with Crippen LogP contribution < -0.4 is 0 Å². The summed E-state index contributed by atoms with van der Waals surface area (Å²) in [6.07, 6.45) is 3.05. The van der Waals surface area contributed by atoms with Crippen LogP contribution in [0.3, 0.4) is 0 Å². The number of nitrogens with zero attached hydrogens (tertiary/aromatic N) is 2. The van der Waals surface area contributed by atoms with E-state index >= 15 is 0 Å². The summed E-state index contributed by atoms with van der Waals surface area (Å²) in [5.74, 6) is -0.694. The maximum Gasteiger partial charge on any atom is 0.256 e. The van der Waals surface area contributed by atoms with Gasteiger partial charge in [-0.3, -0.25) is 9.78 Å². The summed E-state index contributed by atoms with van der Waals surface area (Å²) >= 11 is 0. The third-order valence-corrected chi connectivity index (χ3v) is 4.69. The Morgan fingerprint density at radius 2 is 2.24 bits per heavy atom. The fraction of sp³-hybridized carbons (Fsp3) is 0.375. The van der Waals surface area contributed by atoms with E-state index in [1.54, 1.807) is 23.2 Å². The zero-order valence-electron chi connectivity index (χ0n) is 11.4. The van der Waals surface area contributed by atoms with E-state index in [1.807, 2.05) is 0 Å². The minimum absolute atomic E-state index is 0.105. The fourth-order valence-corrected chi connectivity index (χ4v) is 3.25. The molecule has 1 saturated heterocycles. The standard InChI is InChI=1S/C16H15FN2O2/c17-11-6-10-2-1-5-18-14(10)12(7-11)15(21)19-8-13(20)16(9-19)3-4-16/h1-2,5-7,13,20H,3-4,8-9H2. The molecule has 1 aliphatic heterocycles. The van der Waals surface area contributed by atoms with Crippen LogP contribution >= 0.6 is 0 Å². The van der Waals surface area contributed by atoms with Crippen molar-refractivity contribution >= 4 is 16.8 Å². The number of aliphatic hydroxyl groups excluding tert-OH is 1. The van der Waals surface area contributed by atoms with Gasteiger partial charge in [-0.1, -0.05) is 6.07 Å². The number of aromatic nitrogens is 1. The monoisotopic (exact) mass is 286 g/mol. The van der Waals surface area contributed by atoms with Crippen LogP contribution in [0, 0.1) is 11.2 Å². The second-order valence-corrected chi connectivity index (χ2v) is 6.09. The second kappa shape index (κ2) is 4.24. The Morgan fingerprint density at radius 3 is 2.95 bits per heavy atom. The molecule has 1 spiro atoms. The minimum atomic E-state index is -0.464. The van der Waals surface area contributed by atoms with Crippen molar-refractivity contribution in [1.29, 1.82) is 0 Å². The van der Waals surface area contributed by atoms with Gasteiger partial charge >= 0.3 is 0 Å². The van der Waals surface area contributed by atoms with Crippen molar-refractivity contribution in [1.82, 2.24) is 9.88 Å². The van der Waals surface area contributed by atoms with Crippen molar-refractivity contribution in [3.63, 3.8) is 0 Å². The Kier molecular flexibility index (Phi) is 2.57. The molecule has 21 heavy (non-hydrogen) atoms. The van der Waals surface area contributed by atoms with Crippen LogP contribution in [-0.4, -0.2) is 40.1 Å². The largest absolute Gasteiger partial charge is 0.391 e. The molecule has 1 saturated carbocycles. The van der Waals surface area contributed by atoms with E-state index in [-0.39, 0.29) is 16.9 Å². The average molecular weight is 286 g/mol. The van der Waals surface area contributed by atoms with Crippen molar-refractivity contribution in [3.05, 3.63) is 41.8 Å². The van der Waals surface area contributed by atoms with Gasteiger partial charge in [-0.15, -0.1) is 0 Å². The predicted octanol–water partition coefficient (Wildman–Crippen LogP) is 1.97. The number of aliphatic hydroxyl groups is 1. The van der Waals surface area contributed by atoms with E-state index in [9.17, 15) is 14.3 Å². The van der Waals surface area contributed by atoms with Gasteiger partial charge < -0.3 is 10.0 Å². The first-order valence-electron chi connectivity index (χ1n) is 7.11. The Labute approximate surface area is 121 Å². The highest BCUT2D eigenvalue weighted by Gasteiger charge is 2.55. The number of halogens is 1. The van der Waals surface area contributed by atoms with E-state index in [4.69, 9.17) is 0 Å². The lowest BCUT2D eigenvalue weighted by Gasteiger charge is -2.17. The van der Waals surface area contributed by atoms with E-state index in [0.717, 1.165) is 12.8 Å². The molecular weight excluding hydrogens is 271 g/mol. The van der Waals surface area contributed by atoms with E-state index in [2.05, 4.69) is 4.98 Å². The van der Waals surface area contributed by atoms with Gasteiger partial charge in [0.15, 0.2) is 0 Å². The molecule has 108 valence electrons. The number of amides is 1. The van der Waals surface area contributed by atoms with Crippen LogP contribution in [0.5, 0.6) is 0 Å². The van der Waals surface area contributed by atoms with Crippen LogP contribution in [-0.2, 0) is 0 Å². The summed E-state index contributed by atoms with van der Waals surface area (Å²) in [6, 6.07) is 6.07. The minimum Gasteiger partial charge on any atom is -0.391 e. The maximum atomic E-state index is 13.7. The molecule has 4 rings (SSSR count). The molecule has 4 nitrogen and oxygen atoms in total. The Hall–Kier alpha value is -2.01. The van der Waals surface area contributed by atoms with E-state index in [1.165, 1.54) is 12.1 Å². The third kappa shape index (κ3) is 1.92. The van der Waals surface area contributed by atoms with Gasteiger partial charge in [0.2, 0.25) is 0 Å². The first kappa shape index (κ1) is 12.7. The van der Waals surface area contributed by atoms with Crippen LogP contribution in [0.2, 0.25) is 0 Å². The van der Waals surface area contributed by atoms with Crippen molar-refractivity contribution in [2.45, 2.75) is 18.9 Å². The third-order valence-electron chi connectivity index (χ3n) is 4.69. The predicted molar refractivity (Wildman–Crippen MR) is 75.3 cm³/mol. The molecule has 0 bridgehead atoms. The summed E-state index contributed by atoms with van der Waals surface area (Å²) in [7, 11) is 0. The molecule has 2 aromatic rings. The Balaban J connectivity index is 1.75. The smallest absolute Gasteiger partial charge is 0.256 e. The molecule has 1 N–H and O–H groups in total. The number of carbonyl (C=O) groups excluding carboxylic acids is 1. The van der Waals surface area contributed by atoms with Gasteiger partial charge in [-0.2, -0.15) is 0 Å². The summed E-state index contributed by atoms with van der Waals surface area (Å²) in [4.78, 5) is 18.5. The maximum absolute atomic E-state index is 13.7. The zero-order valence-corrected chi connectivity index (χ0v) is 11.4. The first-order valence-corrected chi connectivity index (χ1v) is 7.11. The normalized spacial score (nSPS) is 23.0. The van der Waals surface area contributed by atoms with Crippen molar-refractivity contribution < 1.29 is 14.3 Å². The topological polar surface area (TPSA) is 53.4 Å². The number of pyridine rings is 1. The molecule has 1 aromatic carbocycles. The molecule has 0 radical (unpaired) electrons. The van der Waals surface area contributed by atoms with Gasteiger partial charge in [-0.25, -0.2) is 4.39 Å². The molecule has 2 fully saturated rings. The number of rotatable bonds is 1. The van der Waals surface area contributed by atoms with E-state index in [0.29, 0.717) is 24.0 Å². The molecule has 1 atom stereocenters. The average Bonchev–Trinajstić information content (AvgIpc) is 3.18. The SMILES string of the molecule is O=C(c1cc(F)cc2cccnc12)N1CC(O)C2(CC2)C1. The molecule has 2 aliphatic rings. The number of carbonyl (C=O) groups is 1. The number of benzene rings is 1. The first-order chi connectivity index (χ1) is 10.1. The molecule has 1 aliphatic carbocycles. The summed E-state index contributed by atoms with van der Waals surface area (Å²) < 4.78 is 13.7. The Bertz CT molecular complexity index is 742. The number of hydrogen-bond acceptors (Lipinski definition) is 3. The van der Waals surface area contributed by atoms with Crippen molar-refractivity contribution in [3.8, 4) is 0 Å². The van der Waals surface area contributed by atoms with Crippen LogP contribution in [0.4, 0.5) is 4.39 Å². The molecule has 5 heteroatoms. The molecule has 1 unspecified atom stereocenters. The molecular formula is C16H15FN2O2. The number of likely N-dealkylation sites (tertiary alicyclic amines) is 1. The highest BCUT2D eigenvalue weighted by molar-refractivity contribution is 6.05. The molecule has 2 heterocycles. The zero-order chi connectivity index (χ0) is 14.6. The molecule has 1 aromatic heterocycles. The van der Waals surface area contributed by atoms with Crippen LogP contribution in [0.15, 0.2) is 30.5 Å². The number of β-amino-alcohol motifs (C(OH)–C–C–N with tert-alkyl or cyclic N) is 1. The lowest BCUT2D eigenvalue weighted by atomic mass is 10.0. The Morgan fingerprint density at radius 1 is 1.43 bits per heavy atom. The lowest BCUT2D eigenvalue weighted by Crippen LogP contribution is -2.30. The highest BCUT2D eigenvalue weighted by Crippen LogP contribution is 2.52. The van der Waals surface area contributed by atoms with Gasteiger partial charge in [0, 0.05) is 30.1 Å². The second-order valence-electron chi connectivity index (χ2n) is 6.09. The quantitative estimate of drug-likeness (QED) is 0.872. The fourth-order valence-electron chi connectivity index (χ4n) is 3.25. The number of hydrogen-bond donors (Lipinski definition) is 1. The summed E-state index contributed by atoms with van der Waals surface area (Å²) in [6.45, 7) is 0.877.